The number of sulfonamides is 1. The molecule has 0 saturated heterocycles. The van der Waals surface area contributed by atoms with Crippen LogP contribution in [0.25, 0.3) is 5.65 Å². The Morgan fingerprint density at radius 2 is 1.97 bits per heavy atom. The smallest absolute Gasteiger partial charge is 0.251 e. The Balaban J connectivity index is 1.61. The minimum absolute atomic E-state index is 0.0988. The maximum Gasteiger partial charge on any atom is 0.251 e. The fraction of sp³-hybridized carbons (Fsp3) is 0.350. The van der Waals surface area contributed by atoms with Gasteiger partial charge in [0.1, 0.15) is 0 Å². The van der Waals surface area contributed by atoms with Gasteiger partial charge in [-0.15, -0.1) is 10.2 Å². The zero-order chi connectivity index (χ0) is 20.8. The van der Waals surface area contributed by atoms with Gasteiger partial charge in [0.15, 0.2) is 11.5 Å². The standard InChI is InChI=1S/C20H23N5O3S/c1-13(2)18(19-23-22-17-6-4-5-10-24(17)19)21-20(26)15-7-8-16-14(12-15)9-11-25(16)29(3,27)28/h4-8,10,12-13,18H,9,11H2,1-3H3,(H,21,26)/t18-/m1/s1. The number of rotatable bonds is 5. The van der Waals surface area contributed by atoms with Crippen molar-refractivity contribution in [2.75, 3.05) is 17.1 Å². The van der Waals surface area contributed by atoms with Gasteiger partial charge in [0, 0.05) is 18.3 Å². The first-order valence-corrected chi connectivity index (χ1v) is 11.3. The van der Waals surface area contributed by atoms with Crippen molar-refractivity contribution in [2.45, 2.75) is 26.3 Å². The lowest BCUT2D eigenvalue weighted by molar-refractivity contribution is 0.0922. The van der Waals surface area contributed by atoms with E-state index < -0.39 is 10.0 Å². The number of nitrogens with one attached hydrogen (secondary N) is 1. The molecule has 0 saturated carbocycles. The van der Waals surface area contributed by atoms with Crippen molar-refractivity contribution in [3.8, 4) is 0 Å². The first-order valence-electron chi connectivity index (χ1n) is 9.47. The minimum atomic E-state index is -3.31. The Kier molecular flexibility index (Phi) is 4.77. The van der Waals surface area contributed by atoms with Gasteiger partial charge in [0.25, 0.3) is 5.91 Å². The van der Waals surface area contributed by atoms with Crippen LogP contribution in [0.15, 0.2) is 42.6 Å². The average Bonchev–Trinajstić information content (AvgIpc) is 3.29. The zero-order valence-corrected chi connectivity index (χ0v) is 17.3. The van der Waals surface area contributed by atoms with Gasteiger partial charge in [-0.25, -0.2) is 8.42 Å². The summed E-state index contributed by atoms with van der Waals surface area (Å²) >= 11 is 0. The Hall–Kier alpha value is -2.94. The number of aromatic nitrogens is 3. The maximum atomic E-state index is 13.0. The summed E-state index contributed by atoms with van der Waals surface area (Å²) < 4.78 is 27.1. The van der Waals surface area contributed by atoms with Gasteiger partial charge in [-0.3, -0.25) is 13.5 Å². The van der Waals surface area contributed by atoms with E-state index in [1.165, 1.54) is 10.6 Å². The molecule has 4 rings (SSSR count). The number of hydrogen-bond donors (Lipinski definition) is 1. The highest BCUT2D eigenvalue weighted by molar-refractivity contribution is 7.92. The predicted octanol–water partition coefficient (Wildman–Crippen LogP) is 2.18. The molecular weight excluding hydrogens is 390 g/mol. The second-order valence-corrected chi connectivity index (χ2v) is 9.52. The molecule has 29 heavy (non-hydrogen) atoms. The molecule has 0 bridgehead atoms. The van der Waals surface area contributed by atoms with Crippen LogP contribution in [-0.2, 0) is 16.4 Å². The summed E-state index contributed by atoms with van der Waals surface area (Å²) in [6.45, 7) is 4.43. The lowest BCUT2D eigenvalue weighted by atomic mass is 10.0. The number of anilines is 1. The molecule has 1 aromatic carbocycles. The van der Waals surface area contributed by atoms with E-state index in [0.717, 1.165) is 11.2 Å². The topological polar surface area (TPSA) is 96.7 Å². The largest absolute Gasteiger partial charge is 0.342 e. The molecule has 1 atom stereocenters. The number of carbonyl (C=O) groups is 1. The maximum absolute atomic E-state index is 13.0. The quantitative estimate of drug-likeness (QED) is 0.692. The Labute approximate surface area is 169 Å². The highest BCUT2D eigenvalue weighted by Crippen LogP contribution is 2.31. The van der Waals surface area contributed by atoms with E-state index in [9.17, 15) is 13.2 Å². The third kappa shape index (κ3) is 3.57. The average molecular weight is 414 g/mol. The molecule has 152 valence electrons. The number of fused-ring (bicyclic) bond motifs is 2. The lowest BCUT2D eigenvalue weighted by Crippen LogP contribution is -2.33. The molecule has 1 amide bonds. The van der Waals surface area contributed by atoms with Gasteiger partial charge in [0.2, 0.25) is 10.0 Å². The number of pyridine rings is 1. The van der Waals surface area contributed by atoms with Gasteiger partial charge in [-0.05, 0) is 48.2 Å². The van der Waals surface area contributed by atoms with Crippen molar-refractivity contribution in [1.82, 2.24) is 19.9 Å². The second kappa shape index (κ2) is 7.14. The Morgan fingerprint density at radius 3 is 2.69 bits per heavy atom. The zero-order valence-electron chi connectivity index (χ0n) is 16.5. The molecule has 0 radical (unpaired) electrons. The third-order valence-electron chi connectivity index (χ3n) is 5.17. The summed E-state index contributed by atoms with van der Waals surface area (Å²) in [5.74, 6) is 0.548. The molecule has 0 aliphatic carbocycles. The summed E-state index contributed by atoms with van der Waals surface area (Å²) in [6, 6.07) is 10.5. The number of nitrogens with zero attached hydrogens (tertiary/aromatic N) is 4. The summed E-state index contributed by atoms with van der Waals surface area (Å²) in [4.78, 5) is 13.0. The third-order valence-corrected chi connectivity index (χ3v) is 6.35. The van der Waals surface area contributed by atoms with E-state index in [1.54, 1.807) is 18.2 Å². The fourth-order valence-corrected chi connectivity index (χ4v) is 4.64. The van der Waals surface area contributed by atoms with Gasteiger partial charge in [-0.1, -0.05) is 19.9 Å². The molecule has 9 heteroatoms. The van der Waals surface area contributed by atoms with Gasteiger partial charge in [-0.2, -0.15) is 0 Å². The summed E-state index contributed by atoms with van der Waals surface area (Å²) in [5, 5.41) is 11.5. The monoisotopic (exact) mass is 413 g/mol. The molecule has 2 aromatic heterocycles. The van der Waals surface area contributed by atoms with Crippen LogP contribution in [-0.4, -0.2) is 41.7 Å². The van der Waals surface area contributed by atoms with Crippen molar-refractivity contribution < 1.29 is 13.2 Å². The lowest BCUT2D eigenvalue weighted by Gasteiger charge is -2.21. The molecule has 0 unspecified atom stereocenters. The molecular formula is C20H23N5O3S. The van der Waals surface area contributed by atoms with Crippen molar-refractivity contribution in [3.05, 3.63) is 59.5 Å². The minimum Gasteiger partial charge on any atom is -0.342 e. The highest BCUT2D eigenvalue weighted by Gasteiger charge is 2.28. The van der Waals surface area contributed by atoms with Crippen LogP contribution in [0.2, 0.25) is 0 Å². The number of amides is 1. The van der Waals surface area contributed by atoms with Crippen molar-refractivity contribution >= 4 is 27.3 Å². The predicted molar refractivity (Wildman–Crippen MR) is 110 cm³/mol. The Morgan fingerprint density at radius 1 is 1.17 bits per heavy atom. The normalized spacial score (nSPS) is 15.0. The van der Waals surface area contributed by atoms with Crippen LogP contribution < -0.4 is 9.62 Å². The van der Waals surface area contributed by atoms with E-state index in [-0.39, 0.29) is 17.9 Å². The molecule has 1 aliphatic heterocycles. The van der Waals surface area contributed by atoms with Crippen LogP contribution in [0.5, 0.6) is 0 Å². The molecule has 3 heterocycles. The van der Waals surface area contributed by atoms with Crippen LogP contribution in [0.3, 0.4) is 0 Å². The van der Waals surface area contributed by atoms with Crippen molar-refractivity contribution in [3.63, 3.8) is 0 Å². The molecule has 8 nitrogen and oxygen atoms in total. The molecule has 0 spiro atoms. The van der Waals surface area contributed by atoms with E-state index in [0.29, 0.717) is 30.0 Å². The van der Waals surface area contributed by atoms with Gasteiger partial charge >= 0.3 is 0 Å². The Bertz CT molecular complexity index is 1190. The SMILES string of the molecule is CC(C)[C@@H](NC(=O)c1ccc2c(c1)CCN2S(C)(=O)=O)c1nnc2ccccn12. The van der Waals surface area contributed by atoms with Crippen LogP contribution >= 0.6 is 0 Å². The van der Waals surface area contributed by atoms with Crippen LogP contribution in [0.4, 0.5) is 5.69 Å². The van der Waals surface area contributed by atoms with Crippen LogP contribution in [0, 0.1) is 5.92 Å². The number of hydrogen-bond acceptors (Lipinski definition) is 5. The molecule has 1 aliphatic rings. The number of benzene rings is 1. The van der Waals surface area contributed by atoms with Crippen molar-refractivity contribution in [1.29, 1.82) is 0 Å². The summed E-state index contributed by atoms with van der Waals surface area (Å²) in [7, 11) is -3.31. The molecule has 0 fully saturated rings. The van der Waals surface area contributed by atoms with E-state index in [4.69, 9.17) is 0 Å². The van der Waals surface area contributed by atoms with Gasteiger partial charge in [0.05, 0.1) is 18.0 Å². The number of carbonyl (C=O) groups excluding carboxylic acids is 1. The summed E-state index contributed by atoms with van der Waals surface area (Å²) in [6.07, 6.45) is 3.66. The first kappa shape index (κ1) is 19.4. The molecule has 3 aromatic rings. The van der Waals surface area contributed by atoms with E-state index in [1.807, 2.05) is 42.6 Å². The fourth-order valence-electron chi connectivity index (χ4n) is 3.68. The summed E-state index contributed by atoms with van der Waals surface area (Å²) in [5.41, 5.74) is 2.73. The highest BCUT2D eigenvalue weighted by atomic mass is 32.2. The van der Waals surface area contributed by atoms with E-state index >= 15 is 0 Å². The second-order valence-electron chi connectivity index (χ2n) is 7.61. The van der Waals surface area contributed by atoms with Crippen LogP contribution in [0.1, 0.15) is 41.6 Å². The van der Waals surface area contributed by atoms with Gasteiger partial charge < -0.3 is 5.32 Å². The first-order chi connectivity index (χ1) is 13.8. The van der Waals surface area contributed by atoms with Crippen molar-refractivity contribution in [2.24, 2.45) is 5.92 Å². The van der Waals surface area contributed by atoms with E-state index in [2.05, 4.69) is 15.5 Å². The molecule has 1 N–H and O–H groups in total.